The number of hydrogen-bond donors (Lipinski definition) is 2. The van der Waals surface area contributed by atoms with E-state index in [9.17, 15) is 0 Å². The molecule has 40 valence electrons. The van der Waals surface area contributed by atoms with Crippen LogP contribution in [0.2, 0.25) is 0 Å². The van der Waals surface area contributed by atoms with E-state index in [1.165, 1.54) is 0 Å². The highest BCUT2D eigenvalue weighted by Crippen LogP contribution is 1.77. The van der Waals surface area contributed by atoms with Crippen molar-refractivity contribution < 1.29 is 0 Å². The van der Waals surface area contributed by atoms with Gasteiger partial charge in [-0.15, -0.1) is 0 Å². The van der Waals surface area contributed by atoms with Gasteiger partial charge in [0.05, 0.1) is 0 Å². The maximum atomic E-state index is 5.12. The van der Waals surface area contributed by atoms with Gasteiger partial charge in [-0.3, -0.25) is 0 Å². The average molecular weight is 115 g/mol. The average Bonchev–Trinajstić information content (AvgIpc) is 1.69. The highest BCUT2D eigenvalue weighted by Gasteiger charge is 1.57. The Morgan fingerprint density at radius 3 is 2.57 bits per heavy atom. The van der Waals surface area contributed by atoms with Crippen LogP contribution in [-0.2, 0) is 0 Å². The fraction of sp³-hybridized carbons (Fsp3) is 0.200. The minimum Gasteiger partial charge on any atom is -0.327 e. The van der Waals surface area contributed by atoms with E-state index >= 15 is 0 Å². The molecule has 0 amide bonds. The largest absolute Gasteiger partial charge is 0.327 e. The van der Waals surface area contributed by atoms with Crippen molar-refractivity contribution in [2.24, 2.45) is 5.73 Å². The van der Waals surface area contributed by atoms with Crippen molar-refractivity contribution in [1.82, 2.24) is 0 Å². The normalized spacial score (nSPS) is 11.7. The van der Waals surface area contributed by atoms with Crippen LogP contribution in [0, 0.1) is 0 Å². The molecule has 1 nitrogen and oxygen atoms in total. The molecule has 0 aromatic rings. The van der Waals surface area contributed by atoms with Crippen LogP contribution in [0.25, 0.3) is 0 Å². The summed E-state index contributed by atoms with van der Waals surface area (Å²) in [5, 5.41) is 1.66. The Morgan fingerprint density at radius 1 is 1.43 bits per heavy atom. The molecule has 0 spiro atoms. The van der Waals surface area contributed by atoms with Gasteiger partial charge in [-0.2, -0.15) is 12.6 Å². The second-order valence-electron chi connectivity index (χ2n) is 1.01. The molecule has 2 N–H and O–H groups in total. The molecule has 0 rings (SSSR count). The van der Waals surface area contributed by atoms with Crippen molar-refractivity contribution in [3.05, 3.63) is 23.6 Å². The van der Waals surface area contributed by atoms with Gasteiger partial charge in [0.2, 0.25) is 0 Å². The van der Waals surface area contributed by atoms with Crippen LogP contribution in [0.15, 0.2) is 23.6 Å². The summed E-state index contributed by atoms with van der Waals surface area (Å²) in [4.78, 5) is 0. The summed E-state index contributed by atoms with van der Waals surface area (Å²) < 4.78 is 0. The molecule has 0 saturated carbocycles. The summed E-state index contributed by atoms with van der Waals surface area (Å²) in [6.07, 6.45) is 5.52. The molecule has 0 aromatic heterocycles. The van der Waals surface area contributed by atoms with Crippen LogP contribution in [0.1, 0.15) is 0 Å². The lowest BCUT2D eigenvalue weighted by Crippen LogP contribution is -1.91. The van der Waals surface area contributed by atoms with Crippen molar-refractivity contribution >= 4 is 12.6 Å². The minimum absolute atomic E-state index is 0.595. The summed E-state index contributed by atoms with van der Waals surface area (Å²) in [5.41, 5.74) is 5.12. The standard InChI is InChI=1S/C5H9NS/c6-4-2-1-3-5-7/h1-3,5,7H,4,6H2/b2-1-,5-3+. The molecule has 0 radical (unpaired) electrons. The molecule has 0 unspecified atom stereocenters. The molecular formula is C5H9NS. The van der Waals surface area contributed by atoms with Crippen molar-refractivity contribution in [2.45, 2.75) is 0 Å². The molecule has 0 aliphatic carbocycles. The van der Waals surface area contributed by atoms with E-state index in [0.29, 0.717) is 6.54 Å². The fourth-order valence-electron chi connectivity index (χ4n) is 0.207. The van der Waals surface area contributed by atoms with Crippen LogP contribution in [0.3, 0.4) is 0 Å². The summed E-state index contributed by atoms with van der Waals surface area (Å²) in [5.74, 6) is 0. The molecule has 0 aromatic carbocycles. The summed E-state index contributed by atoms with van der Waals surface area (Å²) >= 11 is 3.82. The first kappa shape index (κ1) is 6.79. The molecule has 0 aliphatic heterocycles. The minimum atomic E-state index is 0.595. The highest BCUT2D eigenvalue weighted by atomic mass is 32.1. The van der Waals surface area contributed by atoms with E-state index in [-0.39, 0.29) is 0 Å². The SMILES string of the molecule is NC/C=C\C=C\S. The number of nitrogens with two attached hydrogens (primary N) is 1. The molecule has 0 fully saturated rings. The monoisotopic (exact) mass is 115 g/mol. The predicted molar refractivity (Wildman–Crippen MR) is 36.3 cm³/mol. The van der Waals surface area contributed by atoms with E-state index in [0.717, 1.165) is 0 Å². The topological polar surface area (TPSA) is 26.0 Å². The first-order valence-corrected chi connectivity index (χ1v) is 2.59. The van der Waals surface area contributed by atoms with E-state index in [1.54, 1.807) is 5.41 Å². The van der Waals surface area contributed by atoms with Crippen LogP contribution >= 0.6 is 12.6 Å². The van der Waals surface area contributed by atoms with E-state index in [2.05, 4.69) is 12.6 Å². The Kier molecular flexibility index (Phi) is 5.62. The highest BCUT2D eigenvalue weighted by molar-refractivity contribution is 7.83. The number of rotatable bonds is 2. The third kappa shape index (κ3) is 5.79. The second-order valence-corrected chi connectivity index (χ2v) is 1.30. The molecule has 7 heavy (non-hydrogen) atoms. The van der Waals surface area contributed by atoms with Crippen molar-refractivity contribution in [1.29, 1.82) is 0 Å². The zero-order chi connectivity index (χ0) is 5.54. The Bertz CT molecular complexity index is 76.1. The Labute approximate surface area is 49.3 Å². The third-order valence-corrected chi connectivity index (χ3v) is 0.641. The molecule has 0 heterocycles. The number of thiol groups is 1. The fourth-order valence-corrected chi connectivity index (χ4v) is 0.306. The lowest BCUT2D eigenvalue weighted by Gasteiger charge is -1.71. The van der Waals surface area contributed by atoms with Gasteiger partial charge in [-0.05, 0) is 5.41 Å². The van der Waals surface area contributed by atoms with Crippen LogP contribution < -0.4 is 5.73 Å². The van der Waals surface area contributed by atoms with Gasteiger partial charge in [0, 0.05) is 6.54 Å². The maximum Gasteiger partial charge on any atom is 0.0109 e. The molecule has 0 saturated heterocycles. The third-order valence-electron chi connectivity index (χ3n) is 0.469. The van der Waals surface area contributed by atoms with Gasteiger partial charge in [-0.1, -0.05) is 18.2 Å². The maximum absolute atomic E-state index is 5.12. The zero-order valence-electron chi connectivity index (χ0n) is 4.04. The van der Waals surface area contributed by atoms with Gasteiger partial charge in [0.25, 0.3) is 0 Å². The van der Waals surface area contributed by atoms with Crippen LogP contribution in [0.5, 0.6) is 0 Å². The van der Waals surface area contributed by atoms with Crippen molar-refractivity contribution in [3.63, 3.8) is 0 Å². The molecule has 0 bridgehead atoms. The van der Waals surface area contributed by atoms with Crippen LogP contribution in [0.4, 0.5) is 0 Å². The Hall–Kier alpha value is -0.210. The second kappa shape index (κ2) is 5.79. The Morgan fingerprint density at radius 2 is 2.14 bits per heavy atom. The van der Waals surface area contributed by atoms with Gasteiger partial charge < -0.3 is 5.73 Å². The summed E-state index contributed by atoms with van der Waals surface area (Å²) in [6, 6.07) is 0. The van der Waals surface area contributed by atoms with Gasteiger partial charge in [0.15, 0.2) is 0 Å². The number of allylic oxidation sites excluding steroid dienone is 2. The molecule has 0 atom stereocenters. The van der Waals surface area contributed by atoms with E-state index in [4.69, 9.17) is 5.73 Å². The van der Waals surface area contributed by atoms with E-state index in [1.807, 2.05) is 18.2 Å². The quantitative estimate of drug-likeness (QED) is 0.406. The molecule has 2 heteroatoms. The Balaban J connectivity index is 3.09. The molecule has 0 aliphatic rings. The first-order valence-electron chi connectivity index (χ1n) is 2.07. The smallest absolute Gasteiger partial charge is 0.0109 e. The molecular weight excluding hydrogens is 106 g/mol. The van der Waals surface area contributed by atoms with Crippen LogP contribution in [-0.4, -0.2) is 6.54 Å². The number of hydrogen-bond acceptors (Lipinski definition) is 2. The van der Waals surface area contributed by atoms with E-state index < -0.39 is 0 Å². The van der Waals surface area contributed by atoms with Crippen molar-refractivity contribution in [3.8, 4) is 0 Å². The first-order chi connectivity index (χ1) is 3.41. The summed E-state index contributed by atoms with van der Waals surface area (Å²) in [7, 11) is 0. The van der Waals surface area contributed by atoms with Gasteiger partial charge >= 0.3 is 0 Å². The lowest BCUT2D eigenvalue weighted by molar-refractivity contribution is 1.25. The summed E-state index contributed by atoms with van der Waals surface area (Å²) in [6.45, 7) is 0.595. The lowest BCUT2D eigenvalue weighted by atomic mass is 10.5. The predicted octanol–water partition coefficient (Wildman–Crippen LogP) is 0.945. The van der Waals surface area contributed by atoms with Gasteiger partial charge in [-0.25, -0.2) is 0 Å². The van der Waals surface area contributed by atoms with Gasteiger partial charge in [0.1, 0.15) is 0 Å². The zero-order valence-corrected chi connectivity index (χ0v) is 4.94. The van der Waals surface area contributed by atoms with Crippen molar-refractivity contribution in [2.75, 3.05) is 6.54 Å².